The second-order valence-corrected chi connectivity index (χ2v) is 15.1. The average Bonchev–Trinajstić information content (AvgIpc) is 3.77. The second kappa shape index (κ2) is 16.0. The SMILES string of the molecule is C#Cc1c(F)ccc2cccc(-c3nc4c5c(nc(OCC67CCCN6[C@H](COc6cc(C(F)(F)F)ncn6)CC7)nc5c3F)NC(CNCCCC)CCC4)c12. The van der Waals surface area contributed by atoms with E-state index in [2.05, 4.69) is 38.3 Å². The molecule has 0 saturated carbocycles. The number of nitrogens with zero attached hydrogens (tertiary/aromatic N) is 6. The number of alkyl halides is 3. The number of aryl methyl sites for hydroxylation is 1. The molecule has 0 aliphatic carbocycles. The molecule has 3 aromatic heterocycles. The molecule has 57 heavy (non-hydrogen) atoms. The summed E-state index contributed by atoms with van der Waals surface area (Å²) in [6.07, 6.45) is 9.48. The third-order valence-electron chi connectivity index (χ3n) is 11.5. The van der Waals surface area contributed by atoms with Crippen LogP contribution in [0.1, 0.15) is 75.2 Å². The summed E-state index contributed by atoms with van der Waals surface area (Å²) in [4.78, 5) is 23.9. The summed E-state index contributed by atoms with van der Waals surface area (Å²) in [6, 6.07) is 8.91. The summed E-state index contributed by atoms with van der Waals surface area (Å²) in [5, 5.41) is 8.61. The van der Waals surface area contributed by atoms with Crippen molar-refractivity contribution in [3.8, 4) is 35.5 Å². The van der Waals surface area contributed by atoms with Gasteiger partial charge in [0.2, 0.25) is 5.88 Å². The van der Waals surface area contributed by atoms with Gasteiger partial charge in [0.15, 0.2) is 11.5 Å². The highest BCUT2D eigenvalue weighted by atomic mass is 19.4. The number of nitrogens with one attached hydrogen (secondary N) is 2. The van der Waals surface area contributed by atoms with E-state index in [0.29, 0.717) is 46.2 Å². The van der Waals surface area contributed by atoms with Gasteiger partial charge in [0, 0.05) is 35.6 Å². The van der Waals surface area contributed by atoms with E-state index < -0.39 is 29.0 Å². The van der Waals surface area contributed by atoms with E-state index >= 15 is 8.78 Å². The van der Waals surface area contributed by atoms with Gasteiger partial charge in [0.25, 0.3) is 0 Å². The molecule has 3 atom stereocenters. The van der Waals surface area contributed by atoms with Crippen LogP contribution in [0.2, 0.25) is 0 Å². The number of hydrogen-bond donors (Lipinski definition) is 2. The fourth-order valence-corrected chi connectivity index (χ4v) is 8.70. The van der Waals surface area contributed by atoms with Crippen molar-refractivity contribution >= 4 is 27.5 Å². The second-order valence-electron chi connectivity index (χ2n) is 15.1. The van der Waals surface area contributed by atoms with Crippen molar-refractivity contribution in [3.63, 3.8) is 0 Å². The number of terminal acetylenes is 1. The number of halogens is 5. The minimum Gasteiger partial charge on any atom is -0.476 e. The van der Waals surface area contributed by atoms with E-state index in [-0.39, 0.29) is 54.0 Å². The normalized spacial score (nSPS) is 20.9. The van der Waals surface area contributed by atoms with Crippen molar-refractivity contribution in [1.82, 2.24) is 35.1 Å². The summed E-state index contributed by atoms with van der Waals surface area (Å²) in [6.45, 7) is 4.82. The molecular weight excluding hydrogens is 744 g/mol. The topological polar surface area (TPSA) is 110 Å². The summed E-state index contributed by atoms with van der Waals surface area (Å²) in [5.41, 5.74) is -0.388. The molecule has 298 valence electrons. The number of aromatic nitrogens is 5. The Morgan fingerprint density at radius 1 is 1.04 bits per heavy atom. The molecule has 0 spiro atoms. The van der Waals surface area contributed by atoms with Gasteiger partial charge in [-0.25, -0.2) is 23.7 Å². The first-order chi connectivity index (χ1) is 27.6. The Morgan fingerprint density at radius 3 is 2.74 bits per heavy atom. The number of unbranched alkanes of at least 4 members (excludes halogenated alkanes) is 1. The number of rotatable bonds is 12. The molecule has 6 heterocycles. The molecule has 15 heteroatoms. The molecule has 3 aliphatic heterocycles. The summed E-state index contributed by atoms with van der Waals surface area (Å²) in [7, 11) is 0. The molecule has 3 aliphatic rings. The highest BCUT2D eigenvalue weighted by Gasteiger charge is 2.50. The van der Waals surface area contributed by atoms with Crippen LogP contribution in [0.25, 0.3) is 32.9 Å². The molecule has 0 bridgehead atoms. The third kappa shape index (κ3) is 7.64. The molecule has 2 N–H and O–H groups in total. The number of benzene rings is 2. The fraction of sp³-hybridized carbons (Fsp3) is 0.452. The van der Waals surface area contributed by atoms with Gasteiger partial charge < -0.3 is 20.1 Å². The maximum absolute atomic E-state index is 17.2. The first-order valence-corrected chi connectivity index (χ1v) is 19.6. The Kier molecular flexibility index (Phi) is 10.8. The number of anilines is 1. The summed E-state index contributed by atoms with van der Waals surface area (Å²) < 4.78 is 84.1. The molecule has 8 rings (SSSR count). The number of fused-ring (bicyclic) bond motifs is 2. The van der Waals surface area contributed by atoms with Crippen molar-refractivity contribution < 1.29 is 31.4 Å². The molecule has 2 fully saturated rings. The van der Waals surface area contributed by atoms with Gasteiger partial charge in [0.1, 0.15) is 42.4 Å². The van der Waals surface area contributed by atoms with E-state index in [1.54, 1.807) is 24.3 Å². The zero-order chi connectivity index (χ0) is 39.7. The van der Waals surface area contributed by atoms with Crippen molar-refractivity contribution in [2.75, 3.05) is 38.2 Å². The highest BCUT2D eigenvalue weighted by molar-refractivity contribution is 6.02. The summed E-state index contributed by atoms with van der Waals surface area (Å²) >= 11 is 0. The Morgan fingerprint density at radius 2 is 1.91 bits per heavy atom. The number of hydrogen-bond acceptors (Lipinski definition) is 10. The molecule has 5 aromatic rings. The molecule has 0 amide bonds. The summed E-state index contributed by atoms with van der Waals surface area (Å²) in [5.74, 6) is 1.47. The molecule has 2 aromatic carbocycles. The standard InChI is InChI=1S/C42H43F5N8O2/c1-3-5-18-48-21-26-10-7-12-31-35-38(36(44)37(52-31)29-11-6-9-25-13-14-30(43)28(4-2)34(25)29)53-40(54-39(35)51-26)57-23-41-16-8-19-55(41)27(15-17-41)22-56-33-20-32(42(45,46)47)49-24-50-33/h2,6,9,11,13-14,20,24,26-27,48H,3,5,7-8,10,12,15-19,21-23H2,1H3,(H,51,53,54)/t26?,27-,41?/m0/s1. The molecule has 2 saturated heterocycles. The van der Waals surface area contributed by atoms with Crippen molar-refractivity contribution in [2.45, 2.75) is 88.5 Å². The van der Waals surface area contributed by atoms with Crippen LogP contribution in [-0.2, 0) is 12.6 Å². The lowest BCUT2D eigenvalue weighted by atomic mass is 9.95. The van der Waals surface area contributed by atoms with Crippen molar-refractivity contribution in [2.24, 2.45) is 0 Å². The lowest BCUT2D eigenvalue weighted by molar-refractivity contribution is -0.141. The highest BCUT2D eigenvalue weighted by Crippen LogP contribution is 2.44. The van der Waals surface area contributed by atoms with E-state index in [1.807, 2.05) is 0 Å². The van der Waals surface area contributed by atoms with Gasteiger partial charge in [-0.1, -0.05) is 43.5 Å². The zero-order valence-corrected chi connectivity index (χ0v) is 31.6. The first kappa shape index (κ1) is 38.7. The van der Waals surface area contributed by atoms with Gasteiger partial charge >= 0.3 is 12.2 Å². The van der Waals surface area contributed by atoms with Gasteiger partial charge in [-0.05, 0) is 75.9 Å². The predicted octanol–water partition coefficient (Wildman–Crippen LogP) is 7.87. The van der Waals surface area contributed by atoms with Crippen molar-refractivity contribution in [1.29, 1.82) is 0 Å². The maximum atomic E-state index is 17.2. The smallest absolute Gasteiger partial charge is 0.433 e. The van der Waals surface area contributed by atoms with Crippen LogP contribution in [0.3, 0.4) is 0 Å². The van der Waals surface area contributed by atoms with Gasteiger partial charge in [0.05, 0.1) is 22.2 Å². The lowest BCUT2D eigenvalue weighted by Gasteiger charge is -2.34. The monoisotopic (exact) mass is 786 g/mol. The Hall–Kier alpha value is -5.20. The Labute approximate surface area is 327 Å². The Balaban J connectivity index is 1.12. The van der Waals surface area contributed by atoms with Crippen LogP contribution in [-0.4, -0.2) is 80.3 Å². The number of pyridine rings is 1. The van der Waals surface area contributed by atoms with Crippen LogP contribution in [0, 0.1) is 24.0 Å². The zero-order valence-electron chi connectivity index (χ0n) is 31.6. The Bertz CT molecular complexity index is 2340. The van der Waals surface area contributed by atoms with Crippen LogP contribution in [0.5, 0.6) is 11.9 Å². The van der Waals surface area contributed by atoms with Crippen LogP contribution >= 0.6 is 0 Å². The molecular formula is C42H43F5N8O2. The van der Waals surface area contributed by atoms with E-state index in [9.17, 15) is 13.2 Å². The van der Waals surface area contributed by atoms with Crippen LogP contribution in [0.4, 0.5) is 27.8 Å². The maximum Gasteiger partial charge on any atom is 0.433 e. The third-order valence-corrected chi connectivity index (χ3v) is 11.5. The van der Waals surface area contributed by atoms with Gasteiger partial charge in [-0.15, -0.1) is 6.42 Å². The van der Waals surface area contributed by atoms with Gasteiger partial charge in [-0.2, -0.15) is 23.1 Å². The van der Waals surface area contributed by atoms with Gasteiger partial charge in [-0.3, -0.25) is 4.90 Å². The largest absolute Gasteiger partial charge is 0.476 e. The minimum atomic E-state index is -4.61. The first-order valence-electron chi connectivity index (χ1n) is 19.6. The van der Waals surface area contributed by atoms with E-state index in [1.165, 1.54) is 6.07 Å². The van der Waals surface area contributed by atoms with E-state index in [4.69, 9.17) is 30.8 Å². The van der Waals surface area contributed by atoms with E-state index in [0.717, 1.165) is 76.8 Å². The fourth-order valence-electron chi connectivity index (χ4n) is 8.70. The molecule has 10 nitrogen and oxygen atoms in total. The van der Waals surface area contributed by atoms with Crippen LogP contribution in [0.15, 0.2) is 42.7 Å². The number of ether oxygens (including phenoxy) is 2. The van der Waals surface area contributed by atoms with Crippen LogP contribution < -0.4 is 20.1 Å². The predicted molar refractivity (Wildman–Crippen MR) is 206 cm³/mol. The molecule has 2 unspecified atom stereocenters. The average molecular weight is 787 g/mol. The lowest BCUT2D eigenvalue weighted by Crippen LogP contribution is -2.48. The minimum absolute atomic E-state index is 0.000124. The molecule has 0 radical (unpaired) electrons. The quantitative estimate of drug-likeness (QED) is 0.0737. The van der Waals surface area contributed by atoms with Crippen molar-refractivity contribution in [3.05, 3.63) is 71.3 Å².